The Kier molecular flexibility index (Phi) is 9.07. The quantitative estimate of drug-likeness (QED) is 0.488. The number of halogens is 3. The molecule has 0 spiro atoms. The molecule has 0 radical (unpaired) electrons. The molecular formula is C19H29ClF2N4O. The molecule has 1 aromatic carbocycles. The Morgan fingerprint density at radius 2 is 2.19 bits per heavy atom. The van der Waals surface area contributed by atoms with Gasteiger partial charge in [0.05, 0.1) is 6.54 Å². The van der Waals surface area contributed by atoms with Crippen molar-refractivity contribution in [1.82, 2.24) is 15.5 Å². The molecule has 0 aromatic heterocycles. The average molecular weight is 403 g/mol. The number of alkyl halides is 2. The zero-order valence-corrected chi connectivity index (χ0v) is 16.7. The third-order valence-electron chi connectivity index (χ3n) is 4.46. The van der Waals surface area contributed by atoms with Crippen LogP contribution in [0.4, 0.5) is 8.78 Å². The highest BCUT2D eigenvalue weighted by Gasteiger charge is 2.21. The van der Waals surface area contributed by atoms with Crippen molar-refractivity contribution in [2.75, 3.05) is 32.7 Å². The number of ether oxygens (including phenoxy) is 1. The van der Waals surface area contributed by atoms with E-state index in [0.717, 1.165) is 26.2 Å². The summed E-state index contributed by atoms with van der Waals surface area (Å²) in [5, 5.41) is 7.01. The molecule has 1 heterocycles. The van der Waals surface area contributed by atoms with E-state index < -0.39 is 6.61 Å². The Morgan fingerprint density at radius 1 is 1.37 bits per heavy atom. The summed E-state index contributed by atoms with van der Waals surface area (Å²) in [6.45, 7) is 6.44. The second-order valence-corrected chi connectivity index (χ2v) is 7.10. The smallest absolute Gasteiger partial charge is 0.387 e. The van der Waals surface area contributed by atoms with Gasteiger partial charge in [-0.1, -0.05) is 18.5 Å². The predicted octanol–water partition coefficient (Wildman–Crippen LogP) is 3.73. The lowest BCUT2D eigenvalue weighted by molar-refractivity contribution is -0.0504. The average Bonchev–Trinajstić information content (AvgIpc) is 3.07. The van der Waals surface area contributed by atoms with Crippen molar-refractivity contribution in [1.29, 1.82) is 0 Å². The summed E-state index contributed by atoms with van der Waals surface area (Å²) in [4.78, 5) is 6.99. The molecule has 0 saturated carbocycles. The summed E-state index contributed by atoms with van der Waals surface area (Å²) < 4.78 is 29.7. The summed E-state index contributed by atoms with van der Waals surface area (Å²) in [6, 6.07) is 4.57. The Balaban J connectivity index is 1.96. The molecule has 1 aliphatic heterocycles. The van der Waals surface area contributed by atoms with Gasteiger partial charge in [-0.05, 0) is 57.0 Å². The number of aliphatic imine (C=N–C) groups is 1. The molecule has 1 atom stereocenters. The van der Waals surface area contributed by atoms with Crippen LogP contribution in [0.1, 0.15) is 32.3 Å². The van der Waals surface area contributed by atoms with Crippen molar-refractivity contribution >= 4 is 17.6 Å². The maximum atomic E-state index is 12.6. The van der Waals surface area contributed by atoms with E-state index in [1.807, 2.05) is 6.92 Å². The summed E-state index contributed by atoms with van der Waals surface area (Å²) in [7, 11) is 0. The number of nitrogens with zero attached hydrogens (tertiary/aromatic N) is 2. The number of benzene rings is 1. The van der Waals surface area contributed by atoms with Gasteiger partial charge in [0.15, 0.2) is 5.96 Å². The van der Waals surface area contributed by atoms with Crippen molar-refractivity contribution in [3.05, 3.63) is 28.8 Å². The molecule has 2 N–H and O–H groups in total. The number of guanidine groups is 1. The van der Waals surface area contributed by atoms with E-state index in [9.17, 15) is 8.78 Å². The van der Waals surface area contributed by atoms with Crippen LogP contribution in [0.2, 0.25) is 5.02 Å². The van der Waals surface area contributed by atoms with Crippen LogP contribution in [-0.4, -0.2) is 50.2 Å². The Morgan fingerprint density at radius 3 is 2.89 bits per heavy atom. The molecule has 1 aromatic rings. The maximum Gasteiger partial charge on any atom is 0.387 e. The Bertz CT molecular complexity index is 615. The van der Waals surface area contributed by atoms with Gasteiger partial charge in [0.1, 0.15) is 5.75 Å². The molecule has 27 heavy (non-hydrogen) atoms. The highest BCUT2D eigenvalue weighted by atomic mass is 35.5. The Hall–Kier alpha value is -1.60. The fourth-order valence-corrected chi connectivity index (χ4v) is 3.42. The topological polar surface area (TPSA) is 48.9 Å². The van der Waals surface area contributed by atoms with Crippen molar-refractivity contribution in [2.24, 2.45) is 10.9 Å². The maximum absolute atomic E-state index is 12.6. The van der Waals surface area contributed by atoms with Gasteiger partial charge in [0.2, 0.25) is 0 Å². The first kappa shape index (κ1) is 21.7. The molecule has 0 aliphatic carbocycles. The van der Waals surface area contributed by atoms with E-state index in [2.05, 4.69) is 32.2 Å². The van der Waals surface area contributed by atoms with E-state index in [-0.39, 0.29) is 12.3 Å². The number of likely N-dealkylation sites (tertiary alicyclic amines) is 1. The van der Waals surface area contributed by atoms with Gasteiger partial charge in [0, 0.05) is 30.2 Å². The van der Waals surface area contributed by atoms with Gasteiger partial charge >= 0.3 is 6.61 Å². The summed E-state index contributed by atoms with van der Waals surface area (Å²) >= 11 is 5.99. The van der Waals surface area contributed by atoms with Crippen LogP contribution >= 0.6 is 11.6 Å². The Labute approximate surface area is 165 Å². The third kappa shape index (κ3) is 7.50. The molecule has 152 valence electrons. The van der Waals surface area contributed by atoms with Crippen molar-refractivity contribution in [3.8, 4) is 5.75 Å². The van der Waals surface area contributed by atoms with Gasteiger partial charge in [-0.2, -0.15) is 8.78 Å². The second-order valence-electron chi connectivity index (χ2n) is 6.66. The lowest BCUT2D eigenvalue weighted by Gasteiger charge is -2.17. The van der Waals surface area contributed by atoms with Crippen LogP contribution in [0, 0.1) is 5.92 Å². The van der Waals surface area contributed by atoms with Gasteiger partial charge < -0.3 is 20.3 Å². The van der Waals surface area contributed by atoms with Crippen molar-refractivity contribution in [2.45, 2.75) is 39.8 Å². The normalized spacial score (nSPS) is 18.1. The minimum Gasteiger partial charge on any atom is -0.434 e. The minimum absolute atomic E-state index is 0.0972. The zero-order chi connectivity index (χ0) is 19.6. The molecule has 8 heteroatoms. The van der Waals surface area contributed by atoms with E-state index >= 15 is 0 Å². The number of hydrogen-bond acceptors (Lipinski definition) is 3. The second kappa shape index (κ2) is 11.3. The van der Waals surface area contributed by atoms with Crippen molar-refractivity contribution in [3.63, 3.8) is 0 Å². The summed E-state index contributed by atoms with van der Waals surface area (Å²) in [6.07, 6.45) is 2.35. The minimum atomic E-state index is -2.88. The molecular weight excluding hydrogens is 374 g/mol. The van der Waals surface area contributed by atoms with Crippen LogP contribution < -0.4 is 15.4 Å². The first-order valence-corrected chi connectivity index (χ1v) is 9.87. The molecule has 1 unspecified atom stereocenters. The molecule has 0 amide bonds. The van der Waals surface area contributed by atoms with Gasteiger partial charge in [-0.15, -0.1) is 0 Å². The predicted molar refractivity (Wildman–Crippen MR) is 106 cm³/mol. The monoisotopic (exact) mass is 402 g/mol. The summed E-state index contributed by atoms with van der Waals surface area (Å²) in [5.74, 6) is 1.35. The van der Waals surface area contributed by atoms with Crippen LogP contribution in [-0.2, 0) is 6.54 Å². The van der Waals surface area contributed by atoms with Gasteiger partial charge in [-0.3, -0.25) is 0 Å². The number of rotatable bonds is 9. The molecule has 1 aliphatic rings. The van der Waals surface area contributed by atoms with Crippen molar-refractivity contribution < 1.29 is 13.5 Å². The molecule has 2 rings (SSSR count). The SMILES string of the molecule is CCCN1CCC(CNC(=NCc2cc(Cl)ccc2OC(F)F)NCC)C1. The molecule has 1 fully saturated rings. The van der Waals surface area contributed by atoms with Crippen LogP contribution in [0.5, 0.6) is 5.75 Å². The van der Waals surface area contributed by atoms with Crippen LogP contribution in [0.3, 0.4) is 0 Å². The highest BCUT2D eigenvalue weighted by molar-refractivity contribution is 6.30. The fraction of sp³-hybridized carbons (Fsp3) is 0.632. The van der Waals surface area contributed by atoms with E-state index in [1.165, 1.54) is 25.0 Å². The van der Waals surface area contributed by atoms with E-state index in [0.29, 0.717) is 29.0 Å². The van der Waals surface area contributed by atoms with Gasteiger partial charge in [0.25, 0.3) is 0 Å². The molecule has 1 saturated heterocycles. The fourth-order valence-electron chi connectivity index (χ4n) is 3.23. The highest BCUT2D eigenvalue weighted by Crippen LogP contribution is 2.25. The summed E-state index contributed by atoms with van der Waals surface area (Å²) in [5.41, 5.74) is 0.523. The van der Waals surface area contributed by atoms with Crippen LogP contribution in [0.25, 0.3) is 0 Å². The lowest BCUT2D eigenvalue weighted by atomic mass is 10.1. The van der Waals surface area contributed by atoms with Crippen LogP contribution in [0.15, 0.2) is 23.2 Å². The largest absolute Gasteiger partial charge is 0.434 e. The first-order chi connectivity index (χ1) is 13.0. The standard InChI is InChI=1S/C19H29ClF2N4O/c1-3-8-26-9-7-14(13-26)11-24-19(23-4-2)25-12-15-10-16(20)5-6-17(15)27-18(21)22/h5-6,10,14,18H,3-4,7-9,11-13H2,1-2H3,(H2,23,24,25). The number of hydrogen-bond donors (Lipinski definition) is 2. The third-order valence-corrected chi connectivity index (χ3v) is 4.69. The lowest BCUT2D eigenvalue weighted by Crippen LogP contribution is -2.40. The first-order valence-electron chi connectivity index (χ1n) is 9.49. The molecule has 5 nitrogen and oxygen atoms in total. The van der Waals surface area contributed by atoms with Gasteiger partial charge in [-0.25, -0.2) is 4.99 Å². The zero-order valence-electron chi connectivity index (χ0n) is 16.0. The van der Waals surface area contributed by atoms with E-state index in [4.69, 9.17) is 11.6 Å². The number of nitrogens with one attached hydrogen (secondary N) is 2. The molecule has 0 bridgehead atoms. The van der Waals surface area contributed by atoms with E-state index in [1.54, 1.807) is 6.07 Å².